The van der Waals surface area contributed by atoms with E-state index in [4.69, 9.17) is 21.7 Å². The van der Waals surface area contributed by atoms with Crippen LogP contribution in [0.2, 0.25) is 0 Å². The van der Waals surface area contributed by atoms with Crippen LogP contribution in [0.15, 0.2) is 65.9 Å². The van der Waals surface area contributed by atoms with Gasteiger partial charge in [-0.05, 0) is 49.0 Å². The average Bonchev–Trinajstić information content (AvgIpc) is 2.69. The molecule has 0 amide bonds. The van der Waals surface area contributed by atoms with Crippen molar-refractivity contribution in [2.45, 2.75) is 13.0 Å². The predicted octanol–water partition coefficient (Wildman–Crippen LogP) is 3.73. The van der Waals surface area contributed by atoms with Gasteiger partial charge in [-0.1, -0.05) is 30.3 Å². The third-order valence-corrected chi connectivity index (χ3v) is 4.74. The summed E-state index contributed by atoms with van der Waals surface area (Å²) in [5.41, 5.74) is 2.62. The molecule has 1 aliphatic heterocycles. The average molecular weight is 400 g/mol. The van der Waals surface area contributed by atoms with E-state index < -0.39 is 12.0 Å². The lowest BCUT2D eigenvalue weighted by Gasteiger charge is -2.37. The molecule has 3 rings (SSSR count). The van der Waals surface area contributed by atoms with Crippen LogP contribution in [0.5, 0.6) is 0 Å². The number of halogens is 1. The summed E-state index contributed by atoms with van der Waals surface area (Å²) < 4.78 is 23.7. The summed E-state index contributed by atoms with van der Waals surface area (Å²) in [4.78, 5) is 14.7. The molecule has 1 atom stereocenters. The highest BCUT2D eigenvalue weighted by Crippen LogP contribution is 2.34. The van der Waals surface area contributed by atoms with E-state index in [-0.39, 0.29) is 12.4 Å². The number of carbonyl (C=O) groups is 1. The Kier molecular flexibility index (Phi) is 6.38. The van der Waals surface area contributed by atoms with E-state index in [1.165, 1.54) is 19.2 Å². The Hall–Kier alpha value is -2.77. The number of benzene rings is 2. The molecule has 5 nitrogen and oxygen atoms in total. The Morgan fingerprint density at radius 3 is 2.46 bits per heavy atom. The van der Waals surface area contributed by atoms with Crippen LogP contribution in [0.25, 0.3) is 0 Å². The lowest BCUT2D eigenvalue weighted by Crippen LogP contribution is -2.48. The Balaban J connectivity index is 2.04. The first-order valence-corrected chi connectivity index (χ1v) is 9.21. The molecule has 1 N–H and O–H groups in total. The van der Waals surface area contributed by atoms with E-state index in [0.29, 0.717) is 23.0 Å². The fourth-order valence-electron chi connectivity index (χ4n) is 3.10. The summed E-state index contributed by atoms with van der Waals surface area (Å²) in [6.45, 7) is 2.26. The molecule has 2 aromatic carbocycles. The molecule has 1 aliphatic rings. The molecule has 0 radical (unpaired) electrons. The third-order valence-electron chi connectivity index (χ3n) is 4.44. The maximum Gasteiger partial charge on any atom is 0.338 e. The number of hydrogen-bond acceptors (Lipinski definition) is 4. The molecule has 1 unspecified atom stereocenters. The van der Waals surface area contributed by atoms with Crippen molar-refractivity contribution in [2.24, 2.45) is 0 Å². The zero-order valence-electron chi connectivity index (χ0n) is 15.6. The third kappa shape index (κ3) is 4.21. The van der Waals surface area contributed by atoms with Crippen molar-refractivity contribution in [3.63, 3.8) is 0 Å². The molecule has 0 spiro atoms. The van der Waals surface area contributed by atoms with E-state index in [1.54, 1.807) is 17.0 Å². The number of carbonyl (C=O) groups excluding carboxylic acids is 1. The van der Waals surface area contributed by atoms with Crippen LogP contribution >= 0.6 is 12.2 Å². The van der Waals surface area contributed by atoms with E-state index >= 15 is 0 Å². The number of ether oxygens (including phenoxy) is 2. The molecule has 1 heterocycles. The number of nitrogens with one attached hydrogen (secondary N) is 1. The minimum Gasteiger partial charge on any atom is -0.460 e. The van der Waals surface area contributed by atoms with Gasteiger partial charge in [0, 0.05) is 18.5 Å². The quantitative estimate of drug-likeness (QED) is 0.453. The van der Waals surface area contributed by atoms with Gasteiger partial charge in [-0.25, -0.2) is 9.18 Å². The smallest absolute Gasteiger partial charge is 0.338 e. The monoisotopic (exact) mass is 400 g/mol. The SMILES string of the molecule is COCCOC(=O)C1=C(C)N(c2ccccc2)C(=S)NC1c1ccc(F)cc1. The van der Waals surface area contributed by atoms with Crippen LogP contribution in [-0.2, 0) is 14.3 Å². The molecular weight excluding hydrogens is 379 g/mol. The van der Waals surface area contributed by atoms with Crippen LogP contribution in [0.3, 0.4) is 0 Å². The van der Waals surface area contributed by atoms with Crippen LogP contribution in [0.1, 0.15) is 18.5 Å². The van der Waals surface area contributed by atoms with Gasteiger partial charge in [-0.2, -0.15) is 0 Å². The van der Waals surface area contributed by atoms with Crippen molar-refractivity contribution in [2.75, 3.05) is 25.2 Å². The number of rotatable bonds is 6. The highest BCUT2D eigenvalue weighted by atomic mass is 32.1. The molecule has 0 aliphatic carbocycles. The van der Waals surface area contributed by atoms with Crippen LogP contribution in [0.4, 0.5) is 10.1 Å². The Bertz CT molecular complexity index is 884. The lowest BCUT2D eigenvalue weighted by molar-refractivity contribution is -0.140. The van der Waals surface area contributed by atoms with E-state index in [9.17, 15) is 9.18 Å². The van der Waals surface area contributed by atoms with Gasteiger partial charge in [0.2, 0.25) is 0 Å². The molecule has 0 bridgehead atoms. The minimum atomic E-state index is -0.539. The number of allylic oxidation sites excluding steroid dienone is 1. The molecule has 0 fully saturated rings. The molecule has 0 saturated heterocycles. The summed E-state index contributed by atoms with van der Waals surface area (Å²) >= 11 is 5.57. The van der Waals surface area contributed by atoms with Gasteiger partial charge in [0.1, 0.15) is 12.4 Å². The Labute approximate surface area is 168 Å². The Morgan fingerprint density at radius 1 is 1.14 bits per heavy atom. The van der Waals surface area contributed by atoms with Crippen molar-refractivity contribution >= 4 is 29.0 Å². The fourth-order valence-corrected chi connectivity index (χ4v) is 3.46. The highest BCUT2D eigenvalue weighted by Gasteiger charge is 2.35. The highest BCUT2D eigenvalue weighted by molar-refractivity contribution is 7.80. The standard InChI is InChI=1S/C21H21FN2O3S/c1-14-18(20(25)27-13-12-26-2)19(15-8-10-16(22)11-9-15)23-21(28)24(14)17-6-4-3-5-7-17/h3-11,19H,12-13H2,1-2H3,(H,23,28). The number of thiocarbonyl (C=S) groups is 1. The molecular formula is C21H21FN2O3S. The normalized spacial score (nSPS) is 16.8. The second-order valence-electron chi connectivity index (χ2n) is 6.23. The summed E-state index contributed by atoms with van der Waals surface area (Å²) in [6, 6.07) is 14.9. The zero-order valence-corrected chi connectivity index (χ0v) is 16.5. The summed E-state index contributed by atoms with van der Waals surface area (Å²) in [5.74, 6) is -0.822. The second-order valence-corrected chi connectivity index (χ2v) is 6.62. The van der Waals surface area contributed by atoms with Gasteiger partial charge in [-0.3, -0.25) is 4.90 Å². The number of methoxy groups -OCH3 is 1. The summed E-state index contributed by atoms with van der Waals surface area (Å²) in [7, 11) is 1.54. The predicted molar refractivity (Wildman–Crippen MR) is 109 cm³/mol. The van der Waals surface area contributed by atoms with Crippen molar-refractivity contribution < 1.29 is 18.7 Å². The van der Waals surface area contributed by atoms with Gasteiger partial charge >= 0.3 is 5.97 Å². The van der Waals surface area contributed by atoms with Crippen LogP contribution in [-0.4, -0.2) is 31.4 Å². The Morgan fingerprint density at radius 2 is 1.82 bits per heavy atom. The molecule has 7 heteroatoms. The molecule has 0 saturated carbocycles. The fraction of sp³-hybridized carbons (Fsp3) is 0.238. The maximum absolute atomic E-state index is 13.4. The second kappa shape index (κ2) is 8.95. The largest absolute Gasteiger partial charge is 0.460 e. The first-order chi connectivity index (χ1) is 13.5. The van der Waals surface area contributed by atoms with Crippen molar-refractivity contribution in [3.8, 4) is 0 Å². The number of anilines is 1. The van der Waals surface area contributed by atoms with Crippen molar-refractivity contribution in [3.05, 3.63) is 77.2 Å². The zero-order chi connectivity index (χ0) is 20.1. The molecule has 0 aromatic heterocycles. The van der Waals surface area contributed by atoms with Crippen molar-refractivity contribution in [1.82, 2.24) is 5.32 Å². The van der Waals surface area contributed by atoms with Gasteiger partial charge in [0.15, 0.2) is 5.11 Å². The molecule has 2 aromatic rings. The van der Waals surface area contributed by atoms with Gasteiger partial charge in [0.25, 0.3) is 0 Å². The number of para-hydroxylation sites is 1. The van der Waals surface area contributed by atoms with E-state index in [2.05, 4.69) is 5.32 Å². The summed E-state index contributed by atoms with van der Waals surface area (Å²) in [5, 5.41) is 3.65. The number of hydrogen-bond donors (Lipinski definition) is 1. The maximum atomic E-state index is 13.4. The topological polar surface area (TPSA) is 50.8 Å². The van der Waals surface area contributed by atoms with Crippen LogP contribution in [0, 0.1) is 5.82 Å². The number of nitrogens with zero attached hydrogens (tertiary/aromatic N) is 1. The van der Waals surface area contributed by atoms with Gasteiger partial charge < -0.3 is 14.8 Å². The van der Waals surface area contributed by atoms with Crippen molar-refractivity contribution in [1.29, 1.82) is 0 Å². The first kappa shape index (κ1) is 20.0. The molecule has 146 valence electrons. The van der Waals surface area contributed by atoms with Gasteiger partial charge in [-0.15, -0.1) is 0 Å². The summed E-state index contributed by atoms with van der Waals surface area (Å²) in [6.07, 6.45) is 0. The number of esters is 1. The van der Waals surface area contributed by atoms with Gasteiger partial charge in [0.05, 0.1) is 18.2 Å². The first-order valence-electron chi connectivity index (χ1n) is 8.81. The van der Waals surface area contributed by atoms with Crippen LogP contribution < -0.4 is 10.2 Å². The van der Waals surface area contributed by atoms with E-state index in [1.807, 2.05) is 37.3 Å². The molecule has 28 heavy (non-hydrogen) atoms. The minimum absolute atomic E-state index is 0.137. The van der Waals surface area contributed by atoms with E-state index in [0.717, 1.165) is 11.3 Å². The lowest BCUT2D eigenvalue weighted by atomic mass is 9.94.